The van der Waals surface area contributed by atoms with Crippen molar-refractivity contribution in [2.24, 2.45) is 0 Å². The summed E-state index contributed by atoms with van der Waals surface area (Å²) in [6, 6.07) is 61.7. The van der Waals surface area contributed by atoms with Crippen LogP contribution in [0.5, 0.6) is 0 Å². The first-order valence-corrected chi connectivity index (χ1v) is 17.0. The number of benzene rings is 7. The molecule has 0 fully saturated rings. The molecule has 2 heteroatoms. The number of fused-ring (bicyclic) bond motifs is 3. The van der Waals surface area contributed by atoms with Crippen LogP contribution in [0.2, 0.25) is 0 Å². The molecule has 1 aromatic heterocycles. The first-order chi connectivity index (χ1) is 23.7. The van der Waals surface area contributed by atoms with Gasteiger partial charge in [0.1, 0.15) is 0 Å². The van der Waals surface area contributed by atoms with Crippen LogP contribution in [0, 0.1) is 0 Å². The molecule has 2 nitrogen and oxygen atoms in total. The van der Waals surface area contributed by atoms with Gasteiger partial charge in [0, 0.05) is 33.5 Å². The van der Waals surface area contributed by atoms with Crippen LogP contribution in [0.1, 0.15) is 25.0 Å². The molecule has 0 aliphatic carbocycles. The fraction of sp³-hybridized carbons (Fsp3) is 0.0870. The van der Waals surface area contributed by atoms with Crippen molar-refractivity contribution in [3.8, 4) is 27.9 Å². The summed E-state index contributed by atoms with van der Waals surface area (Å²) >= 11 is 0. The van der Waals surface area contributed by atoms with Gasteiger partial charge in [-0.15, -0.1) is 0 Å². The molecule has 0 bridgehead atoms. The van der Waals surface area contributed by atoms with Gasteiger partial charge in [0.15, 0.2) is 0 Å². The minimum Gasteiger partial charge on any atom is -0.310 e. The normalized spacial score (nSPS) is 11.3. The Labute approximate surface area is 283 Å². The molecule has 0 aliphatic rings. The highest BCUT2D eigenvalue weighted by Gasteiger charge is 2.17. The van der Waals surface area contributed by atoms with Gasteiger partial charge in [-0.2, -0.15) is 0 Å². The first-order valence-electron chi connectivity index (χ1n) is 17.0. The molecule has 0 unspecified atom stereocenters. The smallest absolute Gasteiger partial charge is 0.0541 e. The Morgan fingerprint density at radius 1 is 0.417 bits per heavy atom. The van der Waals surface area contributed by atoms with Crippen molar-refractivity contribution in [1.82, 2.24) is 4.57 Å². The largest absolute Gasteiger partial charge is 0.310 e. The SMILES string of the molecule is CCc1ccccc1-c1ccc(N(c2ccccc2)c2ccc(-c3ccc4c(c3)c3ccccc3n4-c3ccccc3)cc2)cc1CC. The second kappa shape index (κ2) is 12.7. The monoisotopic (exact) mass is 618 g/mol. The maximum absolute atomic E-state index is 2.37. The van der Waals surface area contributed by atoms with Crippen molar-refractivity contribution in [2.75, 3.05) is 4.90 Å². The summed E-state index contributed by atoms with van der Waals surface area (Å²) in [6.45, 7) is 4.49. The van der Waals surface area contributed by atoms with E-state index in [-0.39, 0.29) is 0 Å². The second-order valence-corrected chi connectivity index (χ2v) is 12.3. The highest BCUT2D eigenvalue weighted by atomic mass is 15.1. The lowest BCUT2D eigenvalue weighted by atomic mass is 9.92. The van der Waals surface area contributed by atoms with Crippen molar-refractivity contribution in [3.05, 3.63) is 181 Å². The van der Waals surface area contributed by atoms with Crippen LogP contribution in [0.4, 0.5) is 17.1 Å². The van der Waals surface area contributed by atoms with Gasteiger partial charge in [0.25, 0.3) is 0 Å². The number of nitrogens with zero attached hydrogens (tertiary/aromatic N) is 2. The van der Waals surface area contributed by atoms with Gasteiger partial charge in [-0.25, -0.2) is 0 Å². The topological polar surface area (TPSA) is 8.17 Å². The van der Waals surface area contributed by atoms with Crippen LogP contribution in [-0.4, -0.2) is 4.57 Å². The molecule has 1 heterocycles. The summed E-state index contributed by atoms with van der Waals surface area (Å²) in [4.78, 5) is 2.37. The fourth-order valence-electron chi connectivity index (χ4n) is 7.20. The van der Waals surface area contributed by atoms with Crippen LogP contribution in [0.3, 0.4) is 0 Å². The zero-order valence-electron chi connectivity index (χ0n) is 27.5. The molecular weight excluding hydrogens is 581 g/mol. The molecule has 0 radical (unpaired) electrons. The molecule has 0 saturated carbocycles. The van der Waals surface area contributed by atoms with Crippen LogP contribution < -0.4 is 4.90 Å². The van der Waals surface area contributed by atoms with Gasteiger partial charge in [0.2, 0.25) is 0 Å². The molecule has 0 spiro atoms. The quantitative estimate of drug-likeness (QED) is 0.164. The summed E-state index contributed by atoms with van der Waals surface area (Å²) < 4.78 is 2.37. The van der Waals surface area contributed by atoms with Gasteiger partial charge in [-0.3, -0.25) is 0 Å². The third kappa shape index (κ3) is 5.26. The van der Waals surface area contributed by atoms with E-state index in [1.165, 1.54) is 66.6 Å². The van der Waals surface area contributed by atoms with E-state index in [9.17, 15) is 0 Å². The Kier molecular flexibility index (Phi) is 7.84. The molecule has 0 aliphatic heterocycles. The minimum absolute atomic E-state index is 0.964. The van der Waals surface area contributed by atoms with E-state index in [4.69, 9.17) is 0 Å². The maximum atomic E-state index is 2.37. The van der Waals surface area contributed by atoms with E-state index >= 15 is 0 Å². The zero-order chi connectivity index (χ0) is 32.5. The molecule has 0 N–H and O–H groups in total. The lowest BCUT2D eigenvalue weighted by Crippen LogP contribution is -2.10. The van der Waals surface area contributed by atoms with Crippen molar-refractivity contribution < 1.29 is 0 Å². The summed E-state index contributed by atoms with van der Waals surface area (Å²) in [6.07, 6.45) is 1.98. The van der Waals surface area contributed by atoms with E-state index in [1.807, 2.05) is 0 Å². The van der Waals surface area contributed by atoms with Crippen molar-refractivity contribution >= 4 is 38.9 Å². The summed E-state index contributed by atoms with van der Waals surface area (Å²) in [7, 11) is 0. The molecule has 0 saturated heterocycles. The van der Waals surface area contributed by atoms with Crippen molar-refractivity contribution in [3.63, 3.8) is 0 Å². The van der Waals surface area contributed by atoms with Gasteiger partial charge in [0.05, 0.1) is 11.0 Å². The number of para-hydroxylation sites is 3. The molecular formula is C46H38N2. The Balaban J connectivity index is 1.20. The minimum atomic E-state index is 0.964. The van der Waals surface area contributed by atoms with Gasteiger partial charge in [-0.05, 0) is 113 Å². The predicted octanol–water partition coefficient (Wildman–Crippen LogP) is 12.7. The molecule has 7 aromatic carbocycles. The zero-order valence-corrected chi connectivity index (χ0v) is 27.5. The van der Waals surface area contributed by atoms with E-state index < -0.39 is 0 Å². The highest BCUT2D eigenvalue weighted by Crippen LogP contribution is 2.40. The number of aryl methyl sites for hydroxylation is 2. The van der Waals surface area contributed by atoms with Gasteiger partial charge >= 0.3 is 0 Å². The third-order valence-electron chi connectivity index (χ3n) is 9.58. The Bertz CT molecular complexity index is 2350. The number of anilines is 3. The molecule has 48 heavy (non-hydrogen) atoms. The Morgan fingerprint density at radius 2 is 1.00 bits per heavy atom. The van der Waals surface area contributed by atoms with Gasteiger partial charge in [-0.1, -0.05) is 117 Å². The lowest BCUT2D eigenvalue weighted by Gasteiger charge is -2.27. The third-order valence-corrected chi connectivity index (χ3v) is 9.58. The van der Waals surface area contributed by atoms with Crippen LogP contribution >= 0.6 is 0 Å². The molecule has 0 amide bonds. The Hall–Kier alpha value is -5.86. The summed E-state index contributed by atoms with van der Waals surface area (Å²) in [5.74, 6) is 0. The van der Waals surface area contributed by atoms with Crippen molar-refractivity contribution in [2.45, 2.75) is 26.7 Å². The van der Waals surface area contributed by atoms with E-state index in [0.717, 1.165) is 24.2 Å². The first kappa shape index (κ1) is 29.5. The van der Waals surface area contributed by atoms with Crippen LogP contribution in [-0.2, 0) is 12.8 Å². The predicted molar refractivity (Wildman–Crippen MR) is 205 cm³/mol. The lowest BCUT2D eigenvalue weighted by molar-refractivity contribution is 1.11. The number of hydrogen-bond acceptors (Lipinski definition) is 1. The van der Waals surface area contributed by atoms with Crippen LogP contribution in [0.25, 0.3) is 49.7 Å². The maximum Gasteiger partial charge on any atom is 0.0541 e. The highest BCUT2D eigenvalue weighted by molar-refractivity contribution is 6.10. The molecule has 8 aromatic rings. The number of aromatic nitrogens is 1. The van der Waals surface area contributed by atoms with Crippen molar-refractivity contribution in [1.29, 1.82) is 0 Å². The standard InChI is InChI=1S/C46H38N2/c1-3-33-15-11-12-20-41(33)42-29-28-40(31-34(42)4-2)47(37-16-7-5-8-17-37)39-26-23-35(24-27-39)36-25-30-46-44(32-36)43-21-13-14-22-45(43)48(46)38-18-9-6-10-19-38/h5-32H,3-4H2,1-2H3. The van der Waals surface area contributed by atoms with E-state index in [0.29, 0.717) is 0 Å². The summed E-state index contributed by atoms with van der Waals surface area (Å²) in [5, 5.41) is 2.53. The number of hydrogen-bond donors (Lipinski definition) is 0. The Morgan fingerprint density at radius 3 is 1.77 bits per heavy atom. The van der Waals surface area contributed by atoms with Gasteiger partial charge < -0.3 is 9.47 Å². The number of rotatable bonds is 8. The average Bonchev–Trinajstić information content (AvgIpc) is 3.49. The second-order valence-electron chi connectivity index (χ2n) is 12.3. The fourth-order valence-corrected chi connectivity index (χ4v) is 7.20. The van der Waals surface area contributed by atoms with Crippen LogP contribution in [0.15, 0.2) is 170 Å². The average molecular weight is 619 g/mol. The molecule has 8 rings (SSSR count). The summed E-state index contributed by atoms with van der Waals surface area (Å²) in [5.41, 5.74) is 14.9. The molecule has 232 valence electrons. The van der Waals surface area contributed by atoms with E-state index in [2.05, 4.69) is 193 Å². The van der Waals surface area contributed by atoms with E-state index in [1.54, 1.807) is 0 Å². The molecule has 0 atom stereocenters.